The van der Waals surface area contributed by atoms with Crippen molar-refractivity contribution >= 4 is 17.3 Å². The fourth-order valence-electron chi connectivity index (χ4n) is 0.737. The molecular weight excluding hydrogens is 162 g/mol. The first-order valence-electron chi connectivity index (χ1n) is 2.98. The molecule has 0 bridgehead atoms. The van der Waals surface area contributed by atoms with E-state index >= 15 is 0 Å². The van der Waals surface area contributed by atoms with Gasteiger partial charge in [-0.15, -0.1) is 0 Å². The molecule has 0 fully saturated rings. The predicted octanol–water partition coefficient (Wildman–Crippen LogP) is 1.50. The van der Waals surface area contributed by atoms with E-state index in [9.17, 15) is 0 Å². The van der Waals surface area contributed by atoms with E-state index in [1.165, 1.54) is 6.07 Å². The Morgan fingerprint density at radius 2 is 2.36 bits per heavy atom. The molecule has 0 amide bonds. The molecule has 0 aliphatic carbocycles. The third-order valence-corrected chi connectivity index (χ3v) is 1.53. The molecule has 1 aromatic heterocycles. The summed E-state index contributed by atoms with van der Waals surface area (Å²) in [5.41, 5.74) is 6.89. The summed E-state index contributed by atoms with van der Waals surface area (Å²) >= 11 is 5.58. The van der Waals surface area contributed by atoms with Crippen molar-refractivity contribution in [3.63, 3.8) is 0 Å². The fourth-order valence-corrected chi connectivity index (χ4v) is 0.973. The fraction of sp³-hybridized carbons (Fsp3) is 0.143. The van der Waals surface area contributed by atoms with Gasteiger partial charge in [0.15, 0.2) is 0 Å². The lowest BCUT2D eigenvalue weighted by molar-refractivity contribution is 1.20. The molecule has 0 saturated heterocycles. The maximum absolute atomic E-state index is 8.55. The molecule has 0 spiro atoms. The van der Waals surface area contributed by atoms with Crippen LogP contribution in [0.5, 0.6) is 0 Å². The van der Waals surface area contributed by atoms with Crippen molar-refractivity contribution in [2.75, 3.05) is 5.73 Å². The quantitative estimate of drug-likeness (QED) is 0.596. The van der Waals surface area contributed by atoms with E-state index in [2.05, 4.69) is 4.98 Å². The summed E-state index contributed by atoms with van der Waals surface area (Å²) in [4.78, 5) is 3.87. The molecule has 1 rings (SSSR count). The summed E-state index contributed by atoms with van der Waals surface area (Å²) in [7, 11) is 0. The second-order valence-electron chi connectivity index (χ2n) is 2.10. The van der Waals surface area contributed by atoms with Gasteiger partial charge in [0.05, 0.1) is 16.9 Å². The number of hydrogen-bond acceptors (Lipinski definition) is 3. The monoisotopic (exact) mass is 167 g/mol. The molecule has 0 unspecified atom stereocenters. The second-order valence-corrected chi connectivity index (χ2v) is 2.49. The van der Waals surface area contributed by atoms with Gasteiger partial charge in [-0.05, 0) is 13.0 Å². The average molecular weight is 168 g/mol. The van der Waals surface area contributed by atoms with Crippen LogP contribution in [-0.2, 0) is 0 Å². The molecule has 0 aliphatic heterocycles. The number of nitrogens with zero attached hydrogens (tertiary/aromatic N) is 2. The minimum absolute atomic E-state index is 0.299. The number of halogens is 1. The topological polar surface area (TPSA) is 62.7 Å². The number of rotatable bonds is 0. The summed E-state index contributed by atoms with van der Waals surface area (Å²) in [6, 6.07) is 3.38. The molecule has 1 aromatic rings. The highest BCUT2D eigenvalue weighted by Gasteiger charge is 2.03. The molecule has 4 heteroatoms. The second kappa shape index (κ2) is 2.77. The highest BCUT2D eigenvalue weighted by Crippen LogP contribution is 2.17. The number of aryl methyl sites for hydroxylation is 1. The largest absolute Gasteiger partial charge is 0.396 e. The molecular formula is C7H6ClN3. The van der Waals surface area contributed by atoms with Crippen LogP contribution in [0.15, 0.2) is 6.07 Å². The number of hydrogen-bond donors (Lipinski definition) is 1. The van der Waals surface area contributed by atoms with Crippen LogP contribution in [0.3, 0.4) is 0 Å². The van der Waals surface area contributed by atoms with E-state index in [1.54, 1.807) is 6.92 Å². The number of nitrogen functional groups attached to an aromatic ring is 1. The lowest BCUT2D eigenvalue weighted by atomic mass is 10.2. The Morgan fingerprint density at radius 1 is 1.73 bits per heavy atom. The molecule has 3 nitrogen and oxygen atoms in total. The van der Waals surface area contributed by atoms with Crippen molar-refractivity contribution < 1.29 is 0 Å². The van der Waals surface area contributed by atoms with Crippen molar-refractivity contribution in [1.82, 2.24) is 4.98 Å². The lowest BCUT2D eigenvalue weighted by Crippen LogP contribution is -1.96. The van der Waals surface area contributed by atoms with Gasteiger partial charge in [0.1, 0.15) is 11.2 Å². The zero-order chi connectivity index (χ0) is 8.43. The van der Waals surface area contributed by atoms with Crippen molar-refractivity contribution in [1.29, 1.82) is 5.26 Å². The standard InChI is InChI=1S/C7H6ClN3/c1-4-7(10)5(3-9)2-6(8)11-4/h2H,10H2,1H3. The first kappa shape index (κ1) is 7.83. The molecule has 2 N–H and O–H groups in total. The Kier molecular flexibility index (Phi) is 1.97. The zero-order valence-electron chi connectivity index (χ0n) is 5.93. The maximum atomic E-state index is 8.55. The van der Waals surface area contributed by atoms with Crippen molar-refractivity contribution in [2.45, 2.75) is 6.92 Å². The van der Waals surface area contributed by atoms with Crippen LogP contribution in [0, 0.1) is 18.3 Å². The minimum Gasteiger partial charge on any atom is -0.396 e. The molecule has 1 heterocycles. The molecule has 0 aliphatic rings. The third kappa shape index (κ3) is 1.41. The summed E-state index contributed by atoms with van der Waals surface area (Å²) < 4.78 is 0. The van der Waals surface area contributed by atoms with E-state index in [0.717, 1.165) is 0 Å². The SMILES string of the molecule is Cc1nc(Cl)cc(C#N)c1N. The van der Waals surface area contributed by atoms with Crippen LogP contribution in [-0.4, -0.2) is 4.98 Å². The van der Waals surface area contributed by atoms with Gasteiger partial charge < -0.3 is 5.73 Å². The molecule has 56 valence electrons. The van der Waals surface area contributed by atoms with Crippen LogP contribution < -0.4 is 5.73 Å². The summed E-state index contributed by atoms with van der Waals surface area (Å²) in [5, 5.41) is 8.85. The smallest absolute Gasteiger partial charge is 0.130 e. The number of aromatic nitrogens is 1. The predicted molar refractivity (Wildman–Crippen MR) is 43.1 cm³/mol. The number of nitriles is 1. The average Bonchev–Trinajstić information content (AvgIpc) is 1.96. The zero-order valence-corrected chi connectivity index (χ0v) is 6.68. The number of pyridine rings is 1. The maximum Gasteiger partial charge on any atom is 0.130 e. The van der Waals surface area contributed by atoms with Crippen molar-refractivity contribution in [2.24, 2.45) is 0 Å². The van der Waals surface area contributed by atoms with Crippen LogP contribution in [0.1, 0.15) is 11.3 Å². The van der Waals surface area contributed by atoms with Gasteiger partial charge in [-0.3, -0.25) is 0 Å². The van der Waals surface area contributed by atoms with Gasteiger partial charge in [0, 0.05) is 0 Å². The number of anilines is 1. The van der Waals surface area contributed by atoms with Gasteiger partial charge in [-0.2, -0.15) is 5.26 Å². The Hall–Kier alpha value is -1.27. The molecule has 0 aromatic carbocycles. The normalized spacial score (nSPS) is 9.18. The van der Waals surface area contributed by atoms with E-state index in [4.69, 9.17) is 22.6 Å². The van der Waals surface area contributed by atoms with Crippen molar-refractivity contribution in [3.8, 4) is 6.07 Å². The van der Waals surface area contributed by atoms with Crippen LogP contribution in [0.4, 0.5) is 5.69 Å². The van der Waals surface area contributed by atoms with E-state index in [0.29, 0.717) is 22.1 Å². The van der Waals surface area contributed by atoms with Crippen LogP contribution >= 0.6 is 11.6 Å². The minimum atomic E-state index is 0.299. The van der Waals surface area contributed by atoms with E-state index in [-0.39, 0.29) is 0 Å². The summed E-state index contributed by atoms with van der Waals surface area (Å²) in [6.45, 7) is 1.71. The first-order chi connectivity index (χ1) is 5.15. The summed E-state index contributed by atoms with van der Waals surface area (Å²) in [5.74, 6) is 0. The van der Waals surface area contributed by atoms with Crippen molar-refractivity contribution in [3.05, 3.63) is 22.5 Å². The van der Waals surface area contributed by atoms with Gasteiger partial charge >= 0.3 is 0 Å². The van der Waals surface area contributed by atoms with E-state index in [1.807, 2.05) is 6.07 Å². The Labute approximate surface area is 69.4 Å². The van der Waals surface area contributed by atoms with E-state index < -0.39 is 0 Å². The first-order valence-corrected chi connectivity index (χ1v) is 3.35. The van der Waals surface area contributed by atoms with Gasteiger partial charge in [-0.1, -0.05) is 11.6 Å². The van der Waals surface area contributed by atoms with Gasteiger partial charge in [0.2, 0.25) is 0 Å². The highest BCUT2D eigenvalue weighted by atomic mass is 35.5. The Bertz CT molecular complexity index is 327. The van der Waals surface area contributed by atoms with Crippen LogP contribution in [0.25, 0.3) is 0 Å². The third-order valence-electron chi connectivity index (χ3n) is 1.34. The molecule has 11 heavy (non-hydrogen) atoms. The highest BCUT2D eigenvalue weighted by molar-refractivity contribution is 6.29. The molecule has 0 saturated carbocycles. The van der Waals surface area contributed by atoms with Gasteiger partial charge in [-0.25, -0.2) is 4.98 Å². The Balaban J connectivity index is 3.39. The van der Waals surface area contributed by atoms with Gasteiger partial charge in [0.25, 0.3) is 0 Å². The Morgan fingerprint density at radius 3 is 2.91 bits per heavy atom. The molecule has 0 atom stereocenters. The lowest BCUT2D eigenvalue weighted by Gasteiger charge is -2.00. The molecule has 0 radical (unpaired) electrons. The number of nitrogens with two attached hydrogens (primary N) is 1. The van der Waals surface area contributed by atoms with Crippen LogP contribution in [0.2, 0.25) is 5.15 Å². The summed E-state index contributed by atoms with van der Waals surface area (Å²) in [6.07, 6.45) is 0.